The van der Waals surface area contributed by atoms with Crippen molar-refractivity contribution in [2.75, 3.05) is 32.2 Å². The summed E-state index contributed by atoms with van der Waals surface area (Å²) >= 11 is 1.19. The summed E-state index contributed by atoms with van der Waals surface area (Å²) in [6.07, 6.45) is 2.08. The Bertz CT molecular complexity index is 495. The number of carbonyl (C=O) groups excluding carboxylic acids is 2. The van der Waals surface area contributed by atoms with Gasteiger partial charge < -0.3 is 14.8 Å². The maximum Gasteiger partial charge on any atom is 0.358 e. The molecule has 6 nitrogen and oxygen atoms in total. The molecule has 2 heterocycles. The van der Waals surface area contributed by atoms with E-state index in [4.69, 9.17) is 4.74 Å². The van der Waals surface area contributed by atoms with Gasteiger partial charge >= 0.3 is 5.97 Å². The molecule has 0 saturated carbocycles. The number of nitrogens with zero attached hydrogens (tertiary/aromatic N) is 1. The number of rotatable bonds is 6. The average molecular weight is 298 g/mol. The van der Waals surface area contributed by atoms with Gasteiger partial charge in [-0.05, 0) is 18.8 Å². The first-order valence-electron chi connectivity index (χ1n) is 6.53. The maximum absolute atomic E-state index is 11.6. The lowest BCUT2D eigenvalue weighted by atomic mass is 10.1. The van der Waals surface area contributed by atoms with E-state index < -0.39 is 5.97 Å². The van der Waals surface area contributed by atoms with Crippen molar-refractivity contribution in [2.45, 2.75) is 19.8 Å². The number of esters is 1. The number of ether oxygens (including phenoxy) is 2. The maximum atomic E-state index is 11.6. The average Bonchev–Trinajstić information content (AvgIpc) is 3.07. The largest absolute Gasteiger partial charge is 0.464 e. The minimum Gasteiger partial charge on any atom is -0.464 e. The van der Waals surface area contributed by atoms with Gasteiger partial charge in [0.2, 0.25) is 0 Å². The molecule has 1 N–H and O–H groups in total. The quantitative estimate of drug-likeness (QED) is 0.639. The van der Waals surface area contributed by atoms with Crippen LogP contribution in [-0.2, 0) is 9.47 Å². The van der Waals surface area contributed by atoms with Crippen LogP contribution >= 0.6 is 11.3 Å². The number of anilines is 1. The van der Waals surface area contributed by atoms with Crippen molar-refractivity contribution in [2.24, 2.45) is 5.92 Å². The molecule has 0 bridgehead atoms. The van der Waals surface area contributed by atoms with Crippen LogP contribution in [0.2, 0.25) is 0 Å². The molecule has 7 heteroatoms. The second-order valence-corrected chi connectivity index (χ2v) is 5.69. The molecular weight excluding hydrogens is 280 g/mol. The van der Waals surface area contributed by atoms with E-state index in [2.05, 4.69) is 15.0 Å². The minimum absolute atomic E-state index is 0.0942. The van der Waals surface area contributed by atoms with E-state index in [9.17, 15) is 9.59 Å². The summed E-state index contributed by atoms with van der Waals surface area (Å²) in [6.45, 7) is 3.81. The predicted molar refractivity (Wildman–Crippen MR) is 75.5 cm³/mol. The zero-order chi connectivity index (χ0) is 14.5. The first-order chi connectivity index (χ1) is 9.61. The van der Waals surface area contributed by atoms with Gasteiger partial charge in [-0.1, -0.05) is 11.3 Å². The van der Waals surface area contributed by atoms with Gasteiger partial charge in [-0.3, -0.25) is 4.79 Å². The first kappa shape index (κ1) is 14.9. The van der Waals surface area contributed by atoms with Gasteiger partial charge in [0.1, 0.15) is 4.88 Å². The Morgan fingerprint density at radius 2 is 2.35 bits per heavy atom. The van der Waals surface area contributed by atoms with Gasteiger partial charge in [0.15, 0.2) is 16.6 Å². The summed E-state index contributed by atoms with van der Waals surface area (Å²) in [4.78, 5) is 27.5. The van der Waals surface area contributed by atoms with Crippen LogP contribution in [0.3, 0.4) is 0 Å². The van der Waals surface area contributed by atoms with Crippen LogP contribution in [0.1, 0.15) is 39.9 Å². The molecular formula is C13H18N2O4S. The number of aromatic nitrogens is 1. The number of ketones is 1. The Kier molecular flexibility index (Phi) is 5.08. The Hall–Kier alpha value is -1.47. The number of nitrogens with one attached hydrogen (secondary N) is 1. The molecule has 1 atom stereocenters. The zero-order valence-corrected chi connectivity index (χ0v) is 12.4. The molecule has 1 aliphatic rings. The van der Waals surface area contributed by atoms with Gasteiger partial charge in [-0.25, -0.2) is 9.78 Å². The third kappa shape index (κ3) is 3.55. The molecule has 2 rings (SSSR count). The Morgan fingerprint density at radius 1 is 1.55 bits per heavy atom. The van der Waals surface area contributed by atoms with Crippen LogP contribution in [-0.4, -0.2) is 43.6 Å². The molecule has 110 valence electrons. The second-order valence-electron chi connectivity index (χ2n) is 4.69. The van der Waals surface area contributed by atoms with E-state index in [1.54, 1.807) is 0 Å². The third-order valence-electron chi connectivity index (χ3n) is 3.18. The molecule has 1 aromatic heterocycles. The fourth-order valence-electron chi connectivity index (χ4n) is 2.06. The van der Waals surface area contributed by atoms with Crippen molar-refractivity contribution in [3.05, 3.63) is 10.6 Å². The van der Waals surface area contributed by atoms with E-state index in [0.29, 0.717) is 15.9 Å². The SMILES string of the molecule is COC(=O)c1nc(NCCC2CCOC2)sc1C(C)=O. The van der Waals surface area contributed by atoms with E-state index in [-0.39, 0.29) is 11.5 Å². The van der Waals surface area contributed by atoms with Crippen LogP contribution in [0.5, 0.6) is 0 Å². The highest BCUT2D eigenvalue weighted by atomic mass is 32.1. The number of carbonyl (C=O) groups is 2. The smallest absolute Gasteiger partial charge is 0.358 e. The topological polar surface area (TPSA) is 77.5 Å². The molecule has 1 aliphatic heterocycles. The summed E-state index contributed by atoms with van der Waals surface area (Å²) in [7, 11) is 1.28. The summed E-state index contributed by atoms with van der Waals surface area (Å²) in [5, 5.41) is 3.74. The fraction of sp³-hybridized carbons (Fsp3) is 0.615. The van der Waals surface area contributed by atoms with Crippen molar-refractivity contribution in [1.29, 1.82) is 0 Å². The number of hydrogen-bond donors (Lipinski definition) is 1. The third-order valence-corrected chi connectivity index (χ3v) is 4.29. The molecule has 20 heavy (non-hydrogen) atoms. The lowest BCUT2D eigenvalue weighted by Crippen LogP contribution is -2.09. The number of thiazole rings is 1. The van der Waals surface area contributed by atoms with Crippen molar-refractivity contribution >= 4 is 28.2 Å². The normalized spacial score (nSPS) is 18.0. The standard InChI is InChI=1S/C13H18N2O4S/c1-8(16)11-10(12(17)18-2)15-13(20-11)14-5-3-9-4-6-19-7-9/h9H,3-7H2,1-2H3,(H,14,15). The molecule has 1 saturated heterocycles. The van der Waals surface area contributed by atoms with Gasteiger partial charge in [0, 0.05) is 26.7 Å². The minimum atomic E-state index is -0.580. The molecule has 1 fully saturated rings. The molecule has 1 aromatic rings. The lowest BCUT2D eigenvalue weighted by molar-refractivity contribution is 0.0591. The fourth-order valence-corrected chi connectivity index (χ4v) is 2.94. The molecule has 0 amide bonds. The number of Topliss-reactive ketones (excluding diaryl/α,β-unsaturated/α-hetero) is 1. The first-order valence-corrected chi connectivity index (χ1v) is 7.35. The Morgan fingerprint density at radius 3 is 2.95 bits per heavy atom. The van der Waals surface area contributed by atoms with Gasteiger partial charge in [-0.2, -0.15) is 0 Å². The molecule has 0 spiro atoms. The molecule has 0 radical (unpaired) electrons. The highest BCUT2D eigenvalue weighted by molar-refractivity contribution is 7.17. The molecule has 1 unspecified atom stereocenters. The van der Waals surface area contributed by atoms with Gasteiger partial charge in [0.25, 0.3) is 0 Å². The molecule has 0 aromatic carbocycles. The second kappa shape index (κ2) is 6.81. The summed E-state index contributed by atoms with van der Waals surface area (Å²) in [5.41, 5.74) is 0.0942. The summed E-state index contributed by atoms with van der Waals surface area (Å²) in [5.74, 6) is -0.182. The van der Waals surface area contributed by atoms with Crippen LogP contribution in [0.4, 0.5) is 5.13 Å². The zero-order valence-electron chi connectivity index (χ0n) is 11.6. The summed E-state index contributed by atoms with van der Waals surface area (Å²) in [6, 6.07) is 0. The highest BCUT2D eigenvalue weighted by Crippen LogP contribution is 2.25. The van der Waals surface area contributed by atoms with Crippen molar-refractivity contribution < 1.29 is 19.1 Å². The van der Waals surface area contributed by atoms with Crippen molar-refractivity contribution in [3.8, 4) is 0 Å². The van der Waals surface area contributed by atoms with Gasteiger partial charge in [-0.15, -0.1) is 0 Å². The Balaban J connectivity index is 1.97. The van der Waals surface area contributed by atoms with E-state index >= 15 is 0 Å². The van der Waals surface area contributed by atoms with E-state index in [0.717, 1.165) is 32.6 Å². The van der Waals surface area contributed by atoms with Crippen LogP contribution < -0.4 is 5.32 Å². The van der Waals surface area contributed by atoms with E-state index in [1.165, 1.54) is 25.4 Å². The monoisotopic (exact) mass is 298 g/mol. The van der Waals surface area contributed by atoms with Crippen LogP contribution in [0.25, 0.3) is 0 Å². The van der Waals surface area contributed by atoms with Crippen molar-refractivity contribution in [1.82, 2.24) is 4.98 Å². The van der Waals surface area contributed by atoms with Gasteiger partial charge in [0.05, 0.1) is 7.11 Å². The van der Waals surface area contributed by atoms with E-state index in [1.807, 2.05) is 0 Å². The Labute approximate surface area is 121 Å². The van der Waals surface area contributed by atoms with Crippen molar-refractivity contribution in [3.63, 3.8) is 0 Å². The van der Waals surface area contributed by atoms with Crippen LogP contribution in [0.15, 0.2) is 0 Å². The van der Waals surface area contributed by atoms with Crippen LogP contribution in [0, 0.1) is 5.92 Å². The number of methoxy groups -OCH3 is 1. The lowest BCUT2D eigenvalue weighted by Gasteiger charge is -2.07. The predicted octanol–water partition coefficient (Wildman–Crippen LogP) is 1.97. The highest BCUT2D eigenvalue weighted by Gasteiger charge is 2.22. The molecule has 0 aliphatic carbocycles. The number of hydrogen-bond acceptors (Lipinski definition) is 7. The summed E-state index contributed by atoms with van der Waals surface area (Å²) < 4.78 is 9.95.